The second-order valence-electron chi connectivity index (χ2n) is 3.31. The van der Waals surface area contributed by atoms with Crippen molar-refractivity contribution in [2.24, 2.45) is 5.73 Å². The molecule has 0 rings (SSSR count). The number of aliphatic carboxylic acids is 1. The largest absolute Gasteiger partial charge is 0.616 e. The maximum atomic E-state index is 11.3. The van der Waals surface area contributed by atoms with E-state index < -0.39 is 35.6 Å². The highest BCUT2D eigenvalue weighted by Crippen LogP contribution is 2.01. The lowest BCUT2D eigenvalue weighted by Gasteiger charge is -2.18. The fraction of sp³-hybridized carbons (Fsp3) is 0.750. The van der Waals surface area contributed by atoms with Gasteiger partial charge in [-0.25, -0.2) is 0 Å². The molecule has 0 aromatic carbocycles. The number of carboxylic acid groups (broad SMARTS) is 1. The van der Waals surface area contributed by atoms with Crippen molar-refractivity contribution in [1.29, 1.82) is 0 Å². The SMILES string of the molecule is CC(C)[S+]([O-])CC(N)C(=O)NCC(=O)O. The Kier molecular flexibility index (Phi) is 6.30. The Balaban J connectivity index is 3.93. The molecule has 0 bridgehead atoms. The Morgan fingerprint density at radius 3 is 2.47 bits per heavy atom. The fourth-order valence-electron chi connectivity index (χ4n) is 0.739. The number of amides is 1. The van der Waals surface area contributed by atoms with E-state index in [9.17, 15) is 14.1 Å². The molecule has 0 aliphatic rings. The number of hydrogen-bond acceptors (Lipinski definition) is 4. The van der Waals surface area contributed by atoms with Crippen LogP contribution in [0.15, 0.2) is 0 Å². The summed E-state index contributed by atoms with van der Waals surface area (Å²) < 4.78 is 11.3. The van der Waals surface area contributed by atoms with Gasteiger partial charge in [-0.2, -0.15) is 0 Å². The zero-order valence-corrected chi connectivity index (χ0v) is 9.54. The summed E-state index contributed by atoms with van der Waals surface area (Å²) in [7, 11) is 0. The molecule has 1 amide bonds. The highest BCUT2D eigenvalue weighted by Gasteiger charge is 2.22. The number of carbonyl (C=O) groups excluding carboxylic acids is 1. The van der Waals surface area contributed by atoms with Crippen molar-refractivity contribution in [3.8, 4) is 0 Å². The summed E-state index contributed by atoms with van der Waals surface area (Å²) >= 11 is -1.17. The molecule has 15 heavy (non-hydrogen) atoms. The molecular weight excluding hydrogens is 220 g/mol. The number of nitrogens with one attached hydrogen (secondary N) is 1. The first kappa shape index (κ1) is 14.2. The molecule has 2 atom stereocenters. The standard InChI is InChI=1S/C8H16N2O4S/c1-5(2)15(14)4-6(9)8(13)10-3-7(11)12/h5-6H,3-4,9H2,1-2H3,(H,10,13)(H,11,12). The van der Waals surface area contributed by atoms with Crippen molar-refractivity contribution in [2.75, 3.05) is 12.3 Å². The maximum Gasteiger partial charge on any atom is 0.322 e. The quantitative estimate of drug-likeness (QED) is 0.494. The Hall–Kier alpha value is -0.790. The predicted octanol–water partition coefficient (Wildman–Crippen LogP) is -1.33. The number of carboxylic acids is 1. The lowest BCUT2D eigenvalue weighted by atomic mass is 10.3. The minimum atomic E-state index is -1.17. The topological polar surface area (TPSA) is 115 Å². The Bertz CT molecular complexity index is 235. The van der Waals surface area contributed by atoms with Gasteiger partial charge in [0, 0.05) is 0 Å². The van der Waals surface area contributed by atoms with Crippen molar-refractivity contribution >= 4 is 23.1 Å². The lowest BCUT2D eigenvalue weighted by molar-refractivity contribution is -0.138. The van der Waals surface area contributed by atoms with Crippen molar-refractivity contribution < 1.29 is 19.2 Å². The summed E-state index contributed by atoms with van der Waals surface area (Å²) in [5.41, 5.74) is 5.44. The van der Waals surface area contributed by atoms with Crippen LogP contribution in [0.3, 0.4) is 0 Å². The van der Waals surface area contributed by atoms with Crippen LogP contribution in [0.5, 0.6) is 0 Å². The Morgan fingerprint density at radius 1 is 1.53 bits per heavy atom. The van der Waals surface area contributed by atoms with E-state index in [2.05, 4.69) is 5.32 Å². The molecule has 0 saturated heterocycles. The lowest BCUT2D eigenvalue weighted by Crippen LogP contribution is -2.47. The molecule has 0 aromatic rings. The monoisotopic (exact) mass is 236 g/mol. The molecule has 0 spiro atoms. The summed E-state index contributed by atoms with van der Waals surface area (Å²) in [4.78, 5) is 21.3. The average Bonchev–Trinajstić information content (AvgIpc) is 2.13. The molecule has 0 heterocycles. The van der Waals surface area contributed by atoms with Crippen LogP contribution >= 0.6 is 0 Å². The van der Waals surface area contributed by atoms with E-state index in [0.717, 1.165) is 0 Å². The second-order valence-corrected chi connectivity index (χ2v) is 5.35. The zero-order chi connectivity index (χ0) is 12.0. The van der Waals surface area contributed by atoms with Crippen molar-refractivity contribution in [1.82, 2.24) is 5.32 Å². The minimum Gasteiger partial charge on any atom is -0.616 e. The minimum absolute atomic E-state index is 0.0448. The van der Waals surface area contributed by atoms with Crippen LogP contribution in [0.1, 0.15) is 13.8 Å². The molecular formula is C8H16N2O4S. The smallest absolute Gasteiger partial charge is 0.322 e. The van der Waals surface area contributed by atoms with E-state index in [4.69, 9.17) is 10.8 Å². The normalized spacial score (nSPS) is 14.7. The highest BCUT2D eigenvalue weighted by atomic mass is 32.2. The fourth-order valence-corrected chi connectivity index (χ4v) is 1.63. The van der Waals surface area contributed by atoms with Crippen LogP contribution in [0.2, 0.25) is 0 Å². The first-order chi connectivity index (χ1) is 6.84. The molecule has 0 fully saturated rings. The molecule has 4 N–H and O–H groups in total. The summed E-state index contributed by atoms with van der Waals surface area (Å²) in [6.07, 6.45) is 0. The van der Waals surface area contributed by atoms with Gasteiger partial charge in [-0.3, -0.25) is 9.59 Å². The number of hydrogen-bond donors (Lipinski definition) is 3. The zero-order valence-electron chi connectivity index (χ0n) is 8.73. The van der Waals surface area contributed by atoms with Gasteiger partial charge in [0.1, 0.15) is 23.6 Å². The molecule has 6 nitrogen and oxygen atoms in total. The van der Waals surface area contributed by atoms with Gasteiger partial charge < -0.3 is 20.7 Å². The molecule has 0 saturated carbocycles. The van der Waals surface area contributed by atoms with E-state index in [-0.39, 0.29) is 11.0 Å². The van der Waals surface area contributed by atoms with Gasteiger partial charge in [-0.05, 0) is 25.0 Å². The highest BCUT2D eigenvalue weighted by molar-refractivity contribution is 7.92. The van der Waals surface area contributed by atoms with Crippen LogP contribution in [-0.2, 0) is 20.8 Å². The average molecular weight is 236 g/mol. The van der Waals surface area contributed by atoms with Crippen LogP contribution in [0.4, 0.5) is 0 Å². The molecule has 0 aliphatic heterocycles. The van der Waals surface area contributed by atoms with Gasteiger partial charge >= 0.3 is 5.97 Å². The summed E-state index contributed by atoms with van der Waals surface area (Å²) in [6, 6.07) is -0.924. The van der Waals surface area contributed by atoms with Crippen LogP contribution in [0.25, 0.3) is 0 Å². The second kappa shape index (κ2) is 6.65. The Morgan fingerprint density at radius 2 is 2.07 bits per heavy atom. The summed E-state index contributed by atoms with van der Waals surface area (Å²) in [6.45, 7) is 3.05. The van der Waals surface area contributed by atoms with Crippen molar-refractivity contribution in [3.05, 3.63) is 0 Å². The van der Waals surface area contributed by atoms with Gasteiger partial charge in [-0.15, -0.1) is 0 Å². The predicted molar refractivity (Wildman–Crippen MR) is 56.8 cm³/mol. The van der Waals surface area contributed by atoms with E-state index in [0.29, 0.717) is 0 Å². The number of carbonyl (C=O) groups is 2. The third-order valence-corrected chi connectivity index (χ3v) is 3.36. The van der Waals surface area contributed by atoms with Gasteiger partial charge in [0.25, 0.3) is 0 Å². The van der Waals surface area contributed by atoms with Gasteiger partial charge in [-0.1, -0.05) is 0 Å². The van der Waals surface area contributed by atoms with Gasteiger partial charge in [0.15, 0.2) is 0 Å². The molecule has 88 valence electrons. The number of rotatable bonds is 6. The van der Waals surface area contributed by atoms with Crippen LogP contribution in [-0.4, -0.2) is 45.1 Å². The molecule has 0 aliphatic carbocycles. The molecule has 2 unspecified atom stereocenters. The first-order valence-corrected chi connectivity index (χ1v) is 5.85. The van der Waals surface area contributed by atoms with Gasteiger partial charge in [0.05, 0.1) is 0 Å². The first-order valence-electron chi connectivity index (χ1n) is 4.46. The molecule has 0 aromatic heterocycles. The third-order valence-electron chi connectivity index (χ3n) is 1.62. The van der Waals surface area contributed by atoms with Crippen molar-refractivity contribution in [3.63, 3.8) is 0 Å². The van der Waals surface area contributed by atoms with E-state index >= 15 is 0 Å². The molecule has 7 heteroatoms. The molecule has 0 radical (unpaired) electrons. The van der Waals surface area contributed by atoms with Gasteiger partial charge in [0.2, 0.25) is 5.91 Å². The van der Waals surface area contributed by atoms with E-state index in [1.165, 1.54) is 0 Å². The third kappa shape index (κ3) is 6.32. The number of nitrogens with two attached hydrogens (primary N) is 1. The Labute approximate surface area is 91.4 Å². The summed E-state index contributed by atoms with van der Waals surface area (Å²) in [5, 5.41) is 10.4. The van der Waals surface area contributed by atoms with E-state index in [1.54, 1.807) is 13.8 Å². The maximum absolute atomic E-state index is 11.3. The van der Waals surface area contributed by atoms with Crippen LogP contribution < -0.4 is 11.1 Å². The van der Waals surface area contributed by atoms with Crippen LogP contribution in [0, 0.1) is 0 Å². The van der Waals surface area contributed by atoms with Crippen molar-refractivity contribution in [2.45, 2.75) is 25.1 Å². The van der Waals surface area contributed by atoms with E-state index in [1.807, 2.05) is 0 Å². The summed E-state index contributed by atoms with van der Waals surface area (Å²) in [5.74, 6) is -1.68.